The Kier molecular flexibility index (Phi) is 4.19. The van der Waals surface area contributed by atoms with Crippen LogP contribution in [0.4, 0.5) is 0 Å². The van der Waals surface area contributed by atoms with Crippen LogP contribution in [-0.2, 0) is 0 Å². The van der Waals surface area contributed by atoms with Crippen LogP contribution >= 0.6 is 0 Å². The van der Waals surface area contributed by atoms with Crippen LogP contribution in [0.1, 0.15) is 11.0 Å². The van der Waals surface area contributed by atoms with Crippen molar-refractivity contribution < 1.29 is 11.0 Å². The zero-order chi connectivity index (χ0) is 37.9. The zero-order valence-electron chi connectivity index (χ0n) is 33.1. The van der Waals surface area contributed by atoms with E-state index in [0.717, 1.165) is 49.0 Å². The third-order valence-electron chi connectivity index (χ3n) is 9.37. The molecule has 9 aromatic carbocycles. The molecule has 10 rings (SSSR count). The first-order valence-corrected chi connectivity index (χ1v) is 15.6. The van der Waals surface area contributed by atoms with Crippen LogP contribution in [-0.4, -0.2) is 4.57 Å². The van der Waals surface area contributed by atoms with E-state index in [4.69, 9.17) is 5.48 Å². The Morgan fingerprint density at radius 1 is 0.383 bits per heavy atom. The summed E-state index contributed by atoms with van der Waals surface area (Å²) in [4.78, 5) is 0. The Hall–Kier alpha value is -6.18. The van der Waals surface area contributed by atoms with E-state index in [1.54, 1.807) is 0 Å². The number of benzene rings is 9. The van der Waals surface area contributed by atoms with Crippen molar-refractivity contribution in [3.63, 3.8) is 0 Å². The van der Waals surface area contributed by atoms with Gasteiger partial charge in [0.1, 0.15) is 0 Å². The van der Waals surface area contributed by atoms with Gasteiger partial charge in [0.05, 0.1) is 22.0 Å². The number of aromatic nitrogens is 1. The van der Waals surface area contributed by atoms with Crippen molar-refractivity contribution in [1.82, 2.24) is 4.57 Å². The number of rotatable bonds is 3. The Bertz CT molecular complexity index is 3220. The third-order valence-corrected chi connectivity index (χ3v) is 9.37. The molecule has 0 fully saturated rings. The Labute approximate surface area is 283 Å². The summed E-state index contributed by atoms with van der Waals surface area (Å²) in [6.45, 7) is 0. The summed E-state index contributed by atoms with van der Waals surface area (Å²) in [5, 5.41) is 6.66. The van der Waals surface area contributed by atoms with Gasteiger partial charge in [0.25, 0.3) is 0 Å². The first kappa shape index (κ1) is 19.4. The molecule has 47 heavy (non-hydrogen) atoms. The number of hydrogen-bond donors (Lipinski definition) is 0. The predicted molar refractivity (Wildman–Crippen MR) is 202 cm³/mol. The highest BCUT2D eigenvalue weighted by Gasteiger charge is 2.20. The molecule has 1 nitrogen and oxygen atoms in total. The summed E-state index contributed by atoms with van der Waals surface area (Å²) in [5.41, 5.74) is 4.71. The van der Waals surface area contributed by atoms with Crippen molar-refractivity contribution in [2.75, 3.05) is 0 Å². The van der Waals surface area contributed by atoms with Gasteiger partial charge in [-0.2, -0.15) is 0 Å². The van der Waals surface area contributed by atoms with Gasteiger partial charge in [-0.1, -0.05) is 139 Å². The molecule has 1 heteroatoms. The van der Waals surface area contributed by atoms with Crippen LogP contribution in [0.2, 0.25) is 0 Å². The van der Waals surface area contributed by atoms with Crippen molar-refractivity contribution in [2.24, 2.45) is 0 Å². The summed E-state index contributed by atoms with van der Waals surface area (Å²) in [6.07, 6.45) is 0. The minimum Gasteiger partial charge on any atom is -0.309 e. The first-order chi connectivity index (χ1) is 26.7. The molecule has 0 aliphatic carbocycles. The highest BCUT2D eigenvalue weighted by atomic mass is 15.0. The Balaban J connectivity index is 1.44. The van der Waals surface area contributed by atoms with Gasteiger partial charge in [-0.3, -0.25) is 0 Å². The number of hydrogen-bond acceptors (Lipinski definition) is 0. The van der Waals surface area contributed by atoms with Gasteiger partial charge >= 0.3 is 0 Å². The molecule has 0 unspecified atom stereocenters. The van der Waals surface area contributed by atoms with E-state index in [2.05, 4.69) is 41.0 Å². The quantitative estimate of drug-likeness (QED) is 0.177. The molecular formula is C46H29N. The van der Waals surface area contributed by atoms with E-state index in [0.29, 0.717) is 22.3 Å². The molecule has 0 aliphatic rings. The second kappa shape index (κ2) is 10.2. The fourth-order valence-electron chi connectivity index (χ4n) is 7.35. The van der Waals surface area contributed by atoms with Gasteiger partial charge in [0.15, 0.2) is 0 Å². The fraction of sp³-hybridized carbons (Fsp3) is 0. The lowest BCUT2D eigenvalue weighted by Crippen LogP contribution is -1.93. The average molecular weight is 604 g/mol. The van der Waals surface area contributed by atoms with E-state index in [9.17, 15) is 5.48 Å². The number of fused-ring (bicyclic) bond motifs is 8. The normalized spacial score (nSPS) is 14.2. The first-order valence-electron chi connectivity index (χ1n) is 19.6. The molecule has 1 aromatic heterocycles. The van der Waals surface area contributed by atoms with Gasteiger partial charge in [-0.15, -0.1) is 0 Å². The minimum atomic E-state index is -0.420. The fourth-order valence-corrected chi connectivity index (χ4v) is 7.35. The molecular weight excluding hydrogens is 567 g/mol. The van der Waals surface area contributed by atoms with Crippen molar-refractivity contribution in [3.05, 3.63) is 176 Å². The lowest BCUT2D eigenvalue weighted by Gasteiger charge is -2.18. The van der Waals surface area contributed by atoms with Crippen LogP contribution < -0.4 is 0 Å². The summed E-state index contributed by atoms with van der Waals surface area (Å²) < 4.78 is 75.2. The summed E-state index contributed by atoms with van der Waals surface area (Å²) in [7, 11) is 0. The highest BCUT2D eigenvalue weighted by molar-refractivity contribution is 6.25. The summed E-state index contributed by atoms with van der Waals surface area (Å²) in [5.74, 6) is 0. The topological polar surface area (TPSA) is 4.93 Å². The van der Waals surface area contributed by atoms with Gasteiger partial charge in [-0.05, 0) is 102 Å². The molecule has 10 aromatic rings. The third kappa shape index (κ3) is 3.90. The van der Waals surface area contributed by atoms with E-state index in [1.165, 1.54) is 0 Å². The molecule has 0 radical (unpaired) electrons. The Morgan fingerprint density at radius 3 is 1.62 bits per heavy atom. The second-order valence-corrected chi connectivity index (χ2v) is 11.9. The van der Waals surface area contributed by atoms with E-state index >= 15 is 0 Å². The maximum atomic E-state index is 9.43. The number of para-hydroxylation sites is 1. The van der Waals surface area contributed by atoms with Crippen molar-refractivity contribution in [2.45, 2.75) is 0 Å². The molecule has 218 valence electrons. The van der Waals surface area contributed by atoms with E-state index < -0.39 is 24.2 Å². The molecule has 0 spiro atoms. The van der Waals surface area contributed by atoms with Crippen molar-refractivity contribution >= 4 is 64.9 Å². The second-order valence-electron chi connectivity index (χ2n) is 11.9. The highest BCUT2D eigenvalue weighted by Crippen LogP contribution is 2.46. The molecule has 0 bridgehead atoms. The molecule has 0 N–H and O–H groups in total. The number of nitrogens with zero attached hydrogens (tertiary/aromatic N) is 1. The van der Waals surface area contributed by atoms with Crippen LogP contribution in [0.25, 0.3) is 92.8 Å². The molecule has 0 saturated heterocycles. The van der Waals surface area contributed by atoms with E-state index in [-0.39, 0.29) is 45.7 Å². The summed E-state index contributed by atoms with van der Waals surface area (Å²) >= 11 is 0. The van der Waals surface area contributed by atoms with Gasteiger partial charge in [-0.25, -0.2) is 0 Å². The lowest BCUT2D eigenvalue weighted by molar-refractivity contribution is 1.18. The summed E-state index contributed by atoms with van der Waals surface area (Å²) in [6, 6.07) is 39.1. The van der Waals surface area contributed by atoms with E-state index in [1.807, 2.05) is 91.0 Å². The molecule has 0 amide bonds. The van der Waals surface area contributed by atoms with Crippen LogP contribution in [0, 0.1) is 0 Å². The largest absolute Gasteiger partial charge is 0.309 e. The van der Waals surface area contributed by atoms with Crippen LogP contribution in [0.5, 0.6) is 0 Å². The molecule has 0 aliphatic heterocycles. The lowest BCUT2D eigenvalue weighted by atomic mass is 9.85. The zero-order valence-corrected chi connectivity index (χ0v) is 25.1. The van der Waals surface area contributed by atoms with Crippen LogP contribution in [0.15, 0.2) is 176 Å². The van der Waals surface area contributed by atoms with Crippen molar-refractivity contribution in [1.29, 1.82) is 0 Å². The standard InChI is InChI=1S/C46H29N/c1-2-15-35(16-3-1)47-42-26-25-34(29-41(42)46-36-17-7-6-13-31(36)24-27-43(46)47)45-39-20-10-8-18-37(39)44(38-19-9-11-21-40(38)45)33-23-22-30-12-4-5-14-32(30)28-33/h1-29H/i8D,9D,10D,11D,18D,19D,20D,21D. The predicted octanol–water partition coefficient (Wildman–Crippen LogP) is 12.7. The SMILES string of the molecule is [2H]c1c([2H])c([2H])c2c(-c3ccc4c(c3)c3c5ccccc5ccc3n4-c3ccccc3)c3c([2H])c([2H])c([2H])c([2H])c3c(-c3ccc4ccccc4c3)c2c1[2H]. The van der Waals surface area contributed by atoms with Gasteiger partial charge in [0, 0.05) is 16.5 Å². The van der Waals surface area contributed by atoms with Crippen molar-refractivity contribution in [3.8, 4) is 27.9 Å². The van der Waals surface area contributed by atoms with Gasteiger partial charge < -0.3 is 4.57 Å². The monoisotopic (exact) mass is 603 g/mol. The minimum absolute atomic E-state index is 0.197. The Morgan fingerprint density at radius 2 is 0.915 bits per heavy atom. The maximum absolute atomic E-state index is 9.43. The van der Waals surface area contributed by atoms with Crippen LogP contribution in [0.3, 0.4) is 0 Å². The maximum Gasteiger partial charge on any atom is 0.0629 e. The average Bonchev–Trinajstić information content (AvgIpc) is 3.56. The molecule has 1 heterocycles. The van der Waals surface area contributed by atoms with Gasteiger partial charge in [0.2, 0.25) is 0 Å². The molecule has 0 atom stereocenters. The molecule has 0 saturated carbocycles. The smallest absolute Gasteiger partial charge is 0.0629 e.